The normalized spacial score (nSPS) is 16.6. The number of hydrogen-bond acceptors (Lipinski definition) is 2. The molecule has 5 heteroatoms. The van der Waals surface area contributed by atoms with Crippen LogP contribution in [0.5, 0.6) is 0 Å². The molecule has 1 saturated heterocycles. The molecule has 4 nitrogen and oxygen atoms in total. The summed E-state index contributed by atoms with van der Waals surface area (Å²) in [6.45, 7) is 4.44. The topological polar surface area (TPSA) is 49.4 Å². The molecule has 27 heavy (non-hydrogen) atoms. The van der Waals surface area contributed by atoms with Crippen LogP contribution in [0.2, 0.25) is 5.02 Å². The number of nitrogens with one attached hydrogen (secondary N) is 1. The average Bonchev–Trinajstić information content (AvgIpc) is 3.06. The van der Waals surface area contributed by atoms with E-state index in [1.807, 2.05) is 25.1 Å². The van der Waals surface area contributed by atoms with Crippen molar-refractivity contribution < 1.29 is 9.59 Å². The van der Waals surface area contributed by atoms with Gasteiger partial charge in [0, 0.05) is 29.4 Å². The molecule has 1 unspecified atom stereocenters. The van der Waals surface area contributed by atoms with Gasteiger partial charge in [0.25, 0.3) is 0 Å². The van der Waals surface area contributed by atoms with E-state index in [1.54, 1.807) is 17.0 Å². The summed E-state index contributed by atoms with van der Waals surface area (Å²) in [7, 11) is 0. The average molecular weight is 385 g/mol. The first kappa shape index (κ1) is 19.4. The van der Waals surface area contributed by atoms with Crippen molar-refractivity contribution in [1.29, 1.82) is 0 Å². The van der Waals surface area contributed by atoms with E-state index >= 15 is 0 Å². The summed E-state index contributed by atoms with van der Waals surface area (Å²) in [6, 6.07) is 13.5. The summed E-state index contributed by atoms with van der Waals surface area (Å²) in [5, 5.41) is 3.53. The van der Waals surface area contributed by atoms with Crippen molar-refractivity contribution in [2.75, 3.05) is 16.8 Å². The second kappa shape index (κ2) is 8.57. The van der Waals surface area contributed by atoms with Crippen molar-refractivity contribution in [2.45, 2.75) is 39.5 Å². The Morgan fingerprint density at radius 3 is 2.67 bits per heavy atom. The van der Waals surface area contributed by atoms with E-state index in [9.17, 15) is 9.59 Å². The maximum Gasteiger partial charge on any atom is 0.229 e. The molecule has 2 aromatic rings. The number of carbonyl (C=O) groups excluding carboxylic acids is 2. The Balaban J connectivity index is 1.66. The predicted octanol–water partition coefficient (Wildman–Crippen LogP) is 4.98. The number of amides is 2. The van der Waals surface area contributed by atoms with Gasteiger partial charge in [0.2, 0.25) is 11.8 Å². The summed E-state index contributed by atoms with van der Waals surface area (Å²) in [5.41, 5.74) is 3.66. The standard InChI is InChI=1S/C22H25ClN2O2/c1-3-4-6-16-9-11-18(12-10-16)25-14-17(13-21(25)26)22(27)24-20-8-5-7-19(23)15(20)2/h5,7-12,17H,3-4,6,13-14H2,1-2H3,(H,24,27). The lowest BCUT2D eigenvalue weighted by atomic mass is 10.1. The largest absolute Gasteiger partial charge is 0.325 e. The molecule has 2 aromatic carbocycles. The second-order valence-corrected chi connectivity index (χ2v) is 7.48. The smallest absolute Gasteiger partial charge is 0.229 e. The van der Waals surface area contributed by atoms with Gasteiger partial charge in [0.05, 0.1) is 5.92 Å². The van der Waals surface area contributed by atoms with E-state index in [-0.39, 0.29) is 24.2 Å². The number of nitrogens with zero attached hydrogens (tertiary/aromatic N) is 1. The van der Waals surface area contributed by atoms with E-state index in [4.69, 9.17) is 11.6 Å². The van der Waals surface area contributed by atoms with Crippen LogP contribution in [0.15, 0.2) is 42.5 Å². The Kier molecular flexibility index (Phi) is 6.17. The van der Waals surface area contributed by atoms with Crippen molar-refractivity contribution >= 4 is 34.8 Å². The van der Waals surface area contributed by atoms with Gasteiger partial charge in [-0.05, 0) is 55.2 Å². The van der Waals surface area contributed by atoms with Crippen molar-refractivity contribution in [2.24, 2.45) is 5.92 Å². The number of unbranched alkanes of at least 4 members (excludes halogenated alkanes) is 1. The van der Waals surface area contributed by atoms with E-state index in [0.717, 1.165) is 30.5 Å². The van der Waals surface area contributed by atoms with Gasteiger partial charge in [0.15, 0.2) is 0 Å². The van der Waals surface area contributed by atoms with Crippen LogP contribution < -0.4 is 10.2 Å². The van der Waals surface area contributed by atoms with Gasteiger partial charge in [-0.2, -0.15) is 0 Å². The number of hydrogen-bond donors (Lipinski definition) is 1. The zero-order chi connectivity index (χ0) is 19.4. The molecule has 142 valence electrons. The fourth-order valence-electron chi connectivity index (χ4n) is 3.33. The van der Waals surface area contributed by atoms with Crippen LogP contribution in [-0.2, 0) is 16.0 Å². The van der Waals surface area contributed by atoms with Crippen molar-refractivity contribution in [3.8, 4) is 0 Å². The third-order valence-electron chi connectivity index (χ3n) is 5.09. The summed E-state index contributed by atoms with van der Waals surface area (Å²) >= 11 is 6.11. The number of benzene rings is 2. The number of halogens is 1. The Hall–Kier alpha value is -2.33. The number of carbonyl (C=O) groups is 2. The summed E-state index contributed by atoms with van der Waals surface area (Å²) in [4.78, 5) is 26.8. The Labute approximate surface area is 165 Å². The second-order valence-electron chi connectivity index (χ2n) is 7.08. The molecule has 3 rings (SSSR count). The SMILES string of the molecule is CCCCc1ccc(N2CC(C(=O)Nc3cccc(Cl)c3C)CC2=O)cc1. The third kappa shape index (κ3) is 4.51. The van der Waals surface area contributed by atoms with E-state index in [0.29, 0.717) is 17.3 Å². The minimum atomic E-state index is -0.365. The van der Waals surface area contributed by atoms with Gasteiger partial charge in [-0.1, -0.05) is 43.1 Å². The van der Waals surface area contributed by atoms with Crippen LogP contribution in [0.25, 0.3) is 0 Å². The Bertz CT molecular complexity index is 833. The predicted molar refractivity (Wildman–Crippen MR) is 110 cm³/mol. The quantitative estimate of drug-likeness (QED) is 0.763. The molecule has 1 aliphatic rings. The summed E-state index contributed by atoms with van der Waals surface area (Å²) in [6.07, 6.45) is 3.60. The molecule has 1 atom stereocenters. The summed E-state index contributed by atoms with van der Waals surface area (Å²) < 4.78 is 0. The van der Waals surface area contributed by atoms with Gasteiger partial charge in [-0.25, -0.2) is 0 Å². The van der Waals surface area contributed by atoms with E-state index in [1.165, 1.54) is 5.56 Å². The highest BCUT2D eigenvalue weighted by Crippen LogP contribution is 2.28. The molecule has 0 aliphatic carbocycles. The van der Waals surface area contributed by atoms with Crippen molar-refractivity contribution in [3.05, 3.63) is 58.6 Å². The summed E-state index contributed by atoms with van der Waals surface area (Å²) in [5.74, 6) is -0.522. The minimum absolute atomic E-state index is 0.0146. The monoisotopic (exact) mass is 384 g/mol. The van der Waals surface area contributed by atoms with Gasteiger partial charge >= 0.3 is 0 Å². The molecule has 1 N–H and O–H groups in total. The molecular formula is C22H25ClN2O2. The lowest BCUT2D eigenvalue weighted by molar-refractivity contribution is -0.122. The first-order valence-corrected chi connectivity index (χ1v) is 9.82. The van der Waals surface area contributed by atoms with E-state index in [2.05, 4.69) is 24.4 Å². The van der Waals surface area contributed by atoms with Gasteiger partial charge < -0.3 is 10.2 Å². The third-order valence-corrected chi connectivity index (χ3v) is 5.50. The van der Waals surface area contributed by atoms with Crippen molar-refractivity contribution in [1.82, 2.24) is 0 Å². The van der Waals surface area contributed by atoms with E-state index < -0.39 is 0 Å². The zero-order valence-electron chi connectivity index (χ0n) is 15.8. The molecule has 2 amide bonds. The molecule has 0 radical (unpaired) electrons. The first-order chi connectivity index (χ1) is 13.0. The molecule has 0 spiro atoms. The molecule has 0 bridgehead atoms. The Morgan fingerprint density at radius 2 is 1.96 bits per heavy atom. The molecule has 1 aliphatic heterocycles. The fraction of sp³-hybridized carbons (Fsp3) is 0.364. The molecule has 1 fully saturated rings. The maximum atomic E-state index is 12.6. The highest BCUT2D eigenvalue weighted by atomic mass is 35.5. The van der Waals surface area contributed by atoms with Crippen LogP contribution >= 0.6 is 11.6 Å². The minimum Gasteiger partial charge on any atom is -0.325 e. The zero-order valence-corrected chi connectivity index (χ0v) is 16.6. The maximum absolute atomic E-state index is 12.6. The van der Waals surface area contributed by atoms with Gasteiger partial charge in [0.1, 0.15) is 0 Å². The van der Waals surface area contributed by atoms with Crippen LogP contribution in [-0.4, -0.2) is 18.4 Å². The number of anilines is 2. The number of aryl methyl sites for hydroxylation is 1. The first-order valence-electron chi connectivity index (χ1n) is 9.45. The fourth-order valence-corrected chi connectivity index (χ4v) is 3.51. The highest BCUT2D eigenvalue weighted by Gasteiger charge is 2.35. The van der Waals surface area contributed by atoms with Crippen LogP contribution in [0, 0.1) is 12.8 Å². The van der Waals surface area contributed by atoms with Crippen LogP contribution in [0.4, 0.5) is 11.4 Å². The molecular weight excluding hydrogens is 360 g/mol. The molecule has 1 heterocycles. The molecule has 0 saturated carbocycles. The lowest BCUT2D eigenvalue weighted by Crippen LogP contribution is -2.28. The Morgan fingerprint density at radius 1 is 1.22 bits per heavy atom. The highest BCUT2D eigenvalue weighted by molar-refractivity contribution is 6.31. The lowest BCUT2D eigenvalue weighted by Gasteiger charge is -2.17. The van der Waals surface area contributed by atoms with Crippen molar-refractivity contribution in [3.63, 3.8) is 0 Å². The van der Waals surface area contributed by atoms with Gasteiger partial charge in [-0.3, -0.25) is 9.59 Å². The van der Waals surface area contributed by atoms with Gasteiger partial charge in [-0.15, -0.1) is 0 Å². The number of rotatable bonds is 6. The van der Waals surface area contributed by atoms with Crippen LogP contribution in [0.1, 0.15) is 37.3 Å². The molecule has 0 aromatic heterocycles. The van der Waals surface area contributed by atoms with Crippen LogP contribution in [0.3, 0.4) is 0 Å².